The number of nitrogens with one attached hydrogen (secondary N) is 1. The summed E-state index contributed by atoms with van der Waals surface area (Å²) in [6.45, 7) is 2.65. The van der Waals surface area contributed by atoms with Gasteiger partial charge in [-0.05, 0) is 36.2 Å². The quantitative estimate of drug-likeness (QED) is 0.897. The molecule has 0 amide bonds. The van der Waals surface area contributed by atoms with Crippen molar-refractivity contribution in [2.24, 2.45) is 0 Å². The molecular formula is C15H17FN2O. The maximum absolute atomic E-state index is 13.0. The van der Waals surface area contributed by atoms with Gasteiger partial charge >= 0.3 is 0 Å². The van der Waals surface area contributed by atoms with Gasteiger partial charge in [-0.25, -0.2) is 4.39 Å². The summed E-state index contributed by atoms with van der Waals surface area (Å²) in [5, 5.41) is 3.33. The first kappa shape index (κ1) is 13.5. The van der Waals surface area contributed by atoms with Crippen molar-refractivity contribution in [1.82, 2.24) is 10.3 Å². The highest BCUT2D eigenvalue weighted by Gasteiger charge is 2.05. The molecule has 0 aliphatic rings. The molecule has 0 fully saturated rings. The zero-order valence-electron chi connectivity index (χ0n) is 11.1. The average Bonchev–Trinajstić information content (AvgIpc) is 2.45. The Kier molecular flexibility index (Phi) is 4.47. The van der Waals surface area contributed by atoms with Gasteiger partial charge in [0.25, 0.3) is 0 Å². The molecule has 0 bridgehead atoms. The van der Waals surface area contributed by atoms with Crippen LogP contribution in [0.25, 0.3) is 0 Å². The van der Waals surface area contributed by atoms with Crippen molar-refractivity contribution in [2.45, 2.75) is 19.5 Å². The summed E-state index contributed by atoms with van der Waals surface area (Å²) in [4.78, 5) is 3.83. The molecule has 4 heteroatoms. The number of rotatable bonds is 5. The van der Waals surface area contributed by atoms with Crippen molar-refractivity contribution in [1.29, 1.82) is 0 Å². The molecule has 2 aromatic rings. The van der Waals surface area contributed by atoms with Crippen LogP contribution in [0.4, 0.5) is 4.39 Å². The van der Waals surface area contributed by atoms with Crippen molar-refractivity contribution in [3.05, 3.63) is 59.7 Å². The molecular weight excluding hydrogens is 243 g/mol. The Morgan fingerprint density at radius 3 is 2.63 bits per heavy atom. The summed E-state index contributed by atoms with van der Waals surface area (Å²) in [7, 11) is 1.65. The molecule has 0 radical (unpaired) electrons. The Morgan fingerprint density at radius 1 is 1.26 bits per heavy atom. The van der Waals surface area contributed by atoms with Crippen LogP contribution in [-0.2, 0) is 6.54 Å². The fourth-order valence-electron chi connectivity index (χ4n) is 1.83. The molecule has 2 rings (SSSR count). The van der Waals surface area contributed by atoms with Crippen LogP contribution in [0.1, 0.15) is 24.1 Å². The van der Waals surface area contributed by atoms with Crippen molar-refractivity contribution < 1.29 is 9.13 Å². The molecule has 19 heavy (non-hydrogen) atoms. The summed E-state index contributed by atoms with van der Waals surface area (Å²) in [5.41, 5.74) is 1.99. The van der Waals surface area contributed by atoms with E-state index in [1.54, 1.807) is 13.3 Å². The molecule has 1 unspecified atom stereocenters. The molecule has 0 saturated heterocycles. The van der Waals surface area contributed by atoms with Crippen LogP contribution < -0.4 is 10.1 Å². The van der Waals surface area contributed by atoms with Gasteiger partial charge in [0.15, 0.2) is 0 Å². The van der Waals surface area contributed by atoms with Crippen molar-refractivity contribution in [2.75, 3.05) is 7.11 Å². The number of pyridine rings is 1. The summed E-state index contributed by atoms with van der Waals surface area (Å²) in [5.74, 6) is 0.529. The van der Waals surface area contributed by atoms with Gasteiger partial charge in [0.2, 0.25) is 0 Å². The zero-order valence-corrected chi connectivity index (χ0v) is 11.1. The molecule has 1 aromatic heterocycles. The second-order valence-corrected chi connectivity index (χ2v) is 4.39. The van der Waals surface area contributed by atoms with E-state index in [1.807, 2.05) is 24.3 Å². The second-order valence-electron chi connectivity index (χ2n) is 4.39. The Morgan fingerprint density at radius 2 is 2.00 bits per heavy atom. The maximum atomic E-state index is 13.0. The van der Waals surface area contributed by atoms with Crippen molar-refractivity contribution >= 4 is 0 Å². The number of benzene rings is 1. The minimum Gasteiger partial charge on any atom is -0.497 e. The van der Waals surface area contributed by atoms with E-state index >= 15 is 0 Å². The monoisotopic (exact) mass is 260 g/mol. The van der Waals surface area contributed by atoms with E-state index in [9.17, 15) is 4.39 Å². The predicted molar refractivity (Wildman–Crippen MR) is 72.4 cm³/mol. The summed E-state index contributed by atoms with van der Waals surface area (Å²) >= 11 is 0. The topological polar surface area (TPSA) is 34.1 Å². The van der Waals surface area contributed by atoms with Gasteiger partial charge in [-0.15, -0.1) is 0 Å². The molecule has 1 N–H and O–H groups in total. The highest BCUT2D eigenvalue weighted by Crippen LogP contribution is 2.17. The van der Waals surface area contributed by atoms with Crippen LogP contribution in [0.15, 0.2) is 42.7 Å². The first-order valence-electron chi connectivity index (χ1n) is 6.16. The van der Waals surface area contributed by atoms with E-state index in [4.69, 9.17) is 4.74 Å². The Balaban J connectivity index is 1.95. The van der Waals surface area contributed by atoms with E-state index in [0.29, 0.717) is 6.54 Å². The van der Waals surface area contributed by atoms with Crippen LogP contribution in [0.2, 0.25) is 0 Å². The van der Waals surface area contributed by atoms with Gasteiger partial charge in [-0.3, -0.25) is 4.98 Å². The van der Waals surface area contributed by atoms with Gasteiger partial charge in [-0.1, -0.05) is 12.1 Å². The van der Waals surface area contributed by atoms with E-state index < -0.39 is 0 Å². The van der Waals surface area contributed by atoms with Gasteiger partial charge in [0, 0.05) is 18.8 Å². The molecule has 1 aromatic carbocycles. The fourth-order valence-corrected chi connectivity index (χ4v) is 1.83. The molecule has 3 nitrogen and oxygen atoms in total. The van der Waals surface area contributed by atoms with Gasteiger partial charge in [0.1, 0.15) is 11.6 Å². The molecule has 1 atom stereocenters. The summed E-state index contributed by atoms with van der Waals surface area (Å²) < 4.78 is 18.1. The van der Waals surface area contributed by atoms with Crippen molar-refractivity contribution in [3.63, 3.8) is 0 Å². The van der Waals surface area contributed by atoms with Crippen LogP contribution >= 0.6 is 0 Å². The lowest BCUT2D eigenvalue weighted by molar-refractivity contribution is 0.414. The average molecular weight is 260 g/mol. The number of hydrogen-bond donors (Lipinski definition) is 1. The Labute approximate surface area is 112 Å². The summed E-state index contributed by atoms with van der Waals surface area (Å²) in [6.07, 6.45) is 2.87. The van der Waals surface area contributed by atoms with Crippen molar-refractivity contribution in [3.8, 4) is 5.75 Å². The van der Waals surface area contributed by atoms with Gasteiger partial charge in [0.05, 0.1) is 13.3 Å². The zero-order chi connectivity index (χ0) is 13.7. The minimum atomic E-state index is -0.309. The SMILES string of the molecule is COc1ccc(C(C)NCc2cncc(F)c2)cc1. The third kappa shape index (κ3) is 3.76. The van der Waals surface area contributed by atoms with Crippen LogP contribution in [-0.4, -0.2) is 12.1 Å². The van der Waals surface area contributed by atoms with E-state index in [0.717, 1.165) is 16.9 Å². The molecule has 100 valence electrons. The first-order chi connectivity index (χ1) is 9.19. The number of hydrogen-bond acceptors (Lipinski definition) is 3. The van der Waals surface area contributed by atoms with E-state index in [2.05, 4.69) is 17.2 Å². The maximum Gasteiger partial charge on any atom is 0.141 e. The fraction of sp³-hybridized carbons (Fsp3) is 0.267. The van der Waals surface area contributed by atoms with E-state index in [1.165, 1.54) is 12.3 Å². The third-order valence-electron chi connectivity index (χ3n) is 2.99. The van der Waals surface area contributed by atoms with Crippen LogP contribution in [0, 0.1) is 5.82 Å². The highest BCUT2D eigenvalue weighted by atomic mass is 19.1. The number of halogens is 1. The Bertz CT molecular complexity index is 528. The van der Waals surface area contributed by atoms with Crippen LogP contribution in [0.5, 0.6) is 5.75 Å². The second kappa shape index (κ2) is 6.29. The lowest BCUT2D eigenvalue weighted by atomic mass is 10.1. The molecule has 1 heterocycles. The standard InChI is InChI=1S/C15H17FN2O/c1-11(13-3-5-15(19-2)6-4-13)18-9-12-7-14(16)10-17-8-12/h3-8,10-11,18H,9H2,1-2H3. The number of ether oxygens (including phenoxy) is 1. The normalized spacial score (nSPS) is 12.2. The Hall–Kier alpha value is -1.94. The predicted octanol–water partition coefficient (Wildman–Crippen LogP) is 3.08. The highest BCUT2D eigenvalue weighted by molar-refractivity contribution is 5.28. The number of aromatic nitrogens is 1. The lowest BCUT2D eigenvalue weighted by Crippen LogP contribution is -2.18. The molecule has 0 aliphatic heterocycles. The van der Waals surface area contributed by atoms with E-state index in [-0.39, 0.29) is 11.9 Å². The number of nitrogens with zero attached hydrogens (tertiary/aromatic N) is 1. The third-order valence-corrected chi connectivity index (χ3v) is 2.99. The van der Waals surface area contributed by atoms with Crippen LogP contribution in [0.3, 0.4) is 0 Å². The summed E-state index contributed by atoms with van der Waals surface area (Å²) in [6, 6.07) is 9.55. The van der Waals surface area contributed by atoms with Gasteiger partial charge in [-0.2, -0.15) is 0 Å². The molecule has 0 spiro atoms. The molecule has 0 saturated carbocycles. The number of methoxy groups -OCH3 is 1. The lowest BCUT2D eigenvalue weighted by Gasteiger charge is -2.14. The smallest absolute Gasteiger partial charge is 0.141 e. The molecule has 0 aliphatic carbocycles. The van der Waals surface area contributed by atoms with Gasteiger partial charge < -0.3 is 10.1 Å². The largest absolute Gasteiger partial charge is 0.497 e. The minimum absolute atomic E-state index is 0.175. The first-order valence-corrected chi connectivity index (χ1v) is 6.16.